The Labute approximate surface area is 110 Å². The lowest BCUT2D eigenvalue weighted by molar-refractivity contribution is -0.122. The summed E-state index contributed by atoms with van der Waals surface area (Å²) in [4.78, 5) is 11.8. The van der Waals surface area contributed by atoms with E-state index in [0.717, 1.165) is 12.1 Å². The van der Waals surface area contributed by atoms with Crippen molar-refractivity contribution in [1.82, 2.24) is 5.32 Å². The highest BCUT2D eigenvalue weighted by Gasteiger charge is 2.23. The van der Waals surface area contributed by atoms with Crippen molar-refractivity contribution in [3.8, 4) is 0 Å². The van der Waals surface area contributed by atoms with Crippen LogP contribution in [0.2, 0.25) is 0 Å². The number of hydrogen-bond donors (Lipinski definition) is 1. The molecule has 18 heavy (non-hydrogen) atoms. The fraction of sp³-hybridized carbons (Fsp3) is 0.462. The number of carbonyl (C=O) groups is 1. The van der Waals surface area contributed by atoms with Crippen LogP contribution < -0.4 is 5.32 Å². The summed E-state index contributed by atoms with van der Waals surface area (Å²) in [7, 11) is 0. The highest BCUT2D eigenvalue weighted by molar-refractivity contribution is 6.18. The number of halogens is 3. The van der Waals surface area contributed by atoms with Crippen LogP contribution in [0.4, 0.5) is 8.78 Å². The fourth-order valence-corrected chi connectivity index (χ4v) is 1.69. The molecule has 1 N–H and O–H groups in total. The van der Waals surface area contributed by atoms with Crippen molar-refractivity contribution in [2.24, 2.45) is 0 Å². The van der Waals surface area contributed by atoms with Crippen LogP contribution in [0.25, 0.3) is 0 Å². The molecular formula is C13H16ClF2NO. The maximum Gasteiger partial charge on any atom is 0.224 e. The minimum Gasteiger partial charge on any atom is -0.349 e. The van der Waals surface area contributed by atoms with Crippen molar-refractivity contribution in [3.63, 3.8) is 0 Å². The summed E-state index contributed by atoms with van der Waals surface area (Å²) >= 11 is 5.78. The third-order valence-electron chi connectivity index (χ3n) is 2.87. The molecule has 1 aromatic carbocycles. The van der Waals surface area contributed by atoms with Gasteiger partial charge < -0.3 is 5.32 Å². The predicted octanol–water partition coefficient (Wildman–Crippen LogP) is 3.03. The molecule has 0 aliphatic rings. The highest BCUT2D eigenvalue weighted by Crippen LogP contribution is 2.13. The summed E-state index contributed by atoms with van der Waals surface area (Å²) < 4.78 is 25.7. The largest absolute Gasteiger partial charge is 0.349 e. The number of benzene rings is 1. The summed E-state index contributed by atoms with van der Waals surface area (Å²) in [6.45, 7) is 3.75. The molecule has 1 atom stereocenters. The van der Waals surface area contributed by atoms with Crippen molar-refractivity contribution < 1.29 is 13.6 Å². The van der Waals surface area contributed by atoms with E-state index >= 15 is 0 Å². The lowest BCUT2D eigenvalue weighted by atomic mass is 10.0. The fourth-order valence-electron chi connectivity index (χ4n) is 1.43. The lowest BCUT2D eigenvalue weighted by Gasteiger charge is -2.27. The SMILES string of the molecule is CCC(C)(CCl)NC(=O)Cc1ccc(F)c(F)c1. The van der Waals surface area contributed by atoms with E-state index in [1.54, 1.807) is 0 Å². The van der Waals surface area contributed by atoms with Gasteiger partial charge in [-0.1, -0.05) is 13.0 Å². The van der Waals surface area contributed by atoms with E-state index in [1.165, 1.54) is 6.07 Å². The Morgan fingerprint density at radius 3 is 2.56 bits per heavy atom. The first-order chi connectivity index (χ1) is 8.40. The van der Waals surface area contributed by atoms with Crippen molar-refractivity contribution in [1.29, 1.82) is 0 Å². The minimum atomic E-state index is -0.948. The molecule has 2 nitrogen and oxygen atoms in total. The Bertz CT molecular complexity index is 433. The number of rotatable bonds is 5. The second-order valence-corrected chi connectivity index (χ2v) is 4.79. The molecule has 0 saturated heterocycles. The maximum absolute atomic E-state index is 13.0. The van der Waals surface area contributed by atoms with E-state index in [-0.39, 0.29) is 12.3 Å². The molecule has 0 saturated carbocycles. The van der Waals surface area contributed by atoms with Crippen LogP contribution in [-0.2, 0) is 11.2 Å². The van der Waals surface area contributed by atoms with Gasteiger partial charge >= 0.3 is 0 Å². The van der Waals surface area contributed by atoms with Crippen molar-refractivity contribution in [2.75, 3.05) is 5.88 Å². The van der Waals surface area contributed by atoms with Crippen molar-refractivity contribution in [3.05, 3.63) is 35.4 Å². The number of nitrogens with one attached hydrogen (secondary N) is 1. The first-order valence-corrected chi connectivity index (χ1v) is 6.24. The molecule has 0 aliphatic carbocycles. The van der Waals surface area contributed by atoms with Gasteiger partial charge in [0.15, 0.2) is 11.6 Å². The van der Waals surface area contributed by atoms with E-state index in [2.05, 4.69) is 5.32 Å². The van der Waals surface area contributed by atoms with Crippen LogP contribution >= 0.6 is 11.6 Å². The van der Waals surface area contributed by atoms with Crippen LogP contribution in [-0.4, -0.2) is 17.3 Å². The van der Waals surface area contributed by atoms with Crippen LogP contribution in [0.3, 0.4) is 0 Å². The molecule has 5 heteroatoms. The molecule has 1 unspecified atom stereocenters. The topological polar surface area (TPSA) is 29.1 Å². The van der Waals surface area contributed by atoms with Crippen molar-refractivity contribution in [2.45, 2.75) is 32.2 Å². The van der Waals surface area contributed by atoms with Gasteiger partial charge in [-0.25, -0.2) is 8.78 Å². The van der Waals surface area contributed by atoms with Crippen LogP contribution in [0.15, 0.2) is 18.2 Å². The molecule has 1 aromatic rings. The molecule has 0 aromatic heterocycles. The van der Waals surface area contributed by atoms with Gasteiger partial charge in [-0.2, -0.15) is 0 Å². The van der Waals surface area contributed by atoms with Gasteiger partial charge in [0.2, 0.25) is 5.91 Å². The summed E-state index contributed by atoms with van der Waals surface area (Å²) in [6, 6.07) is 3.43. The van der Waals surface area contributed by atoms with Gasteiger partial charge in [-0.05, 0) is 31.0 Å². The Kier molecular flexibility index (Phi) is 5.08. The van der Waals surface area contributed by atoms with Gasteiger partial charge in [0.05, 0.1) is 12.0 Å². The Morgan fingerprint density at radius 2 is 2.06 bits per heavy atom. The second-order valence-electron chi connectivity index (χ2n) is 4.52. The molecule has 0 aliphatic heterocycles. The summed E-state index contributed by atoms with van der Waals surface area (Å²) in [6.07, 6.45) is 0.698. The molecule has 0 bridgehead atoms. The van der Waals surface area contributed by atoms with E-state index in [1.807, 2.05) is 13.8 Å². The third-order valence-corrected chi connectivity index (χ3v) is 3.46. The van der Waals surface area contributed by atoms with Gasteiger partial charge in [-0.3, -0.25) is 4.79 Å². The first-order valence-electron chi connectivity index (χ1n) is 5.71. The molecule has 1 rings (SSSR count). The minimum absolute atomic E-state index is 0.00365. The van der Waals surface area contributed by atoms with Crippen molar-refractivity contribution >= 4 is 17.5 Å². The van der Waals surface area contributed by atoms with Crippen LogP contribution in [0.1, 0.15) is 25.8 Å². The average Bonchev–Trinajstić information content (AvgIpc) is 2.33. The first kappa shape index (κ1) is 14.9. The summed E-state index contributed by atoms with van der Waals surface area (Å²) in [5, 5.41) is 2.79. The van der Waals surface area contributed by atoms with Gasteiger partial charge in [0.1, 0.15) is 0 Å². The number of hydrogen-bond acceptors (Lipinski definition) is 1. The second kappa shape index (κ2) is 6.14. The lowest BCUT2D eigenvalue weighted by Crippen LogP contribution is -2.47. The normalized spacial score (nSPS) is 14.1. The summed E-state index contributed by atoms with van der Waals surface area (Å²) in [5.74, 6) is -1.83. The summed E-state index contributed by atoms with van der Waals surface area (Å²) in [5.41, 5.74) is -0.0450. The average molecular weight is 276 g/mol. The Morgan fingerprint density at radius 1 is 1.39 bits per heavy atom. The Balaban J connectivity index is 2.67. The van der Waals surface area contributed by atoms with E-state index in [4.69, 9.17) is 11.6 Å². The molecule has 0 radical (unpaired) electrons. The standard InChI is InChI=1S/C13H16ClF2NO/c1-3-13(2,8-14)17-12(18)7-9-4-5-10(15)11(16)6-9/h4-6H,3,7-8H2,1-2H3,(H,17,18). The monoisotopic (exact) mass is 275 g/mol. The zero-order chi connectivity index (χ0) is 13.8. The zero-order valence-electron chi connectivity index (χ0n) is 10.4. The quantitative estimate of drug-likeness (QED) is 0.823. The molecule has 0 fully saturated rings. The van der Waals surface area contributed by atoms with Crippen LogP contribution in [0.5, 0.6) is 0 Å². The third kappa shape index (κ3) is 3.95. The molecular weight excluding hydrogens is 260 g/mol. The van der Waals surface area contributed by atoms with E-state index in [9.17, 15) is 13.6 Å². The molecule has 0 heterocycles. The molecule has 100 valence electrons. The zero-order valence-corrected chi connectivity index (χ0v) is 11.2. The highest BCUT2D eigenvalue weighted by atomic mass is 35.5. The molecule has 1 amide bonds. The maximum atomic E-state index is 13.0. The van der Waals surface area contributed by atoms with Gasteiger partial charge in [0, 0.05) is 5.88 Å². The predicted molar refractivity (Wildman–Crippen MR) is 67.6 cm³/mol. The van der Waals surface area contributed by atoms with Gasteiger partial charge in [0.25, 0.3) is 0 Å². The number of carbonyl (C=O) groups excluding carboxylic acids is 1. The Hall–Kier alpha value is -1.16. The smallest absolute Gasteiger partial charge is 0.224 e. The number of amides is 1. The number of alkyl halides is 1. The molecule has 0 spiro atoms. The van der Waals surface area contributed by atoms with Gasteiger partial charge in [-0.15, -0.1) is 11.6 Å². The van der Waals surface area contributed by atoms with Crippen LogP contribution in [0, 0.1) is 11.6 Å². The van der Waals surface area contributed by atoms with E-state index in [0.29, 0.717) is 17.9 Å². The van der Waals surface area contributed by atoms with E-state index < -0.39 is 17.2 Å².